The van der Waals surface area contributed by atoms with Gasteiger partial charge in [0.25, 0.3) is 0 Å². The molecule has 0 fully saturated rings. The Hall–Kier alpha value is -0.420. The summed E-state index contributed by atoms with van der Waals surface area (Å²) in [6, 6.07) is 0.534. The Kier molecular flexibility index (Phi) is 8.87. The lowest BCUT2D eigenvalue weighted by atomic mass is 10.3. The molecule has 0 bridgehead atoms. The standard InChI is InChI=1S/C9H21N3OS/c1-3-14-7-8(2)11-6-4-5-9(10)12-13/h8,11,13H,3-7H2,1-2H3,(H2,10,12). The molecule has 1 unspecified atom stereocenters. The molecule has 84 valence electrons. The van der Waals surface area contributed by atoms with E-state index in [-0.39, 0.29) is 0 Å². The van der Waals surface area contributed by atoms with E-state index in [1.54, 1.807) is 0 Å². The van der Waals surface area contributed by atoms with Gasteiger partial charge in [0.1, 0.15) is 5.84 Å². The van der Waals surface area contributed by atoms with Crippen LogP contribution in [0.25, 0.3) is 0 Å². The van der Waals surface area contributed by atoms with Gasteiger partial charge in [-0.05, 0) is 25.6 Å². The Morgan fingerprint density at radius 1 is 1.64 bits per heavy atom. The topological polar surface area (TPSA) is 70.6 Å². The Balaban J connectivity index is 3.27. The molecule has 1 atom stereocenters. The number of hydrogen-bond donors (Lipinski definition) is 3. The Morgan fingerprint density at radius 3 is 2.93 bits per heavy atom. The molecule has 0 aromatic heterocycles. The molecule has 0 aliphatic rings. The van der Waals surface area contributed by atoms with Gasteiger partial charge < -0.3 is 16.3 Å². The van der Waals surface area contributed by atoms with Crippen LogP contribution in [0.5, 0.6) is 0 Å². The largest absolute Gasteiger partial charge is 0.409 e. The average Bonchev–Trinajstić information content (AvgIpc) is 2.21. The first-order valence-corrected chi connectivity index (χ1v) is 6.13. The van der Waals surface area contributed by atoms with Gasteiger partial charge in [0.05, 0.1) is 0 Å². The van der Waals surface area contributed by atoms with Crippen LogP contribution in [0.15, 0.2) is 5.16 Å². The number of thioether (sulfide) groups is 1. The smallest absolute Gasteiger partial charge is 0.139 e. The van der Waals surface area contributed by atoms with E-state index in [2.05, 4.69) is 24.3 Å². The Bertz CT molecular complexity index is 164. The van der Waals surface area contributed by atoms with E-state index < -0.39 is 0 Å². The second-order valence-electron chi connectivity index (χ2n) is 3.21. The van der Waals surface area contributed by atoms with Gasteiger partial charge in [0.2, 0.25) is 0 Å². The molecule has 0 aliphatic carbocycles. The molecule has 0 spiro atoms. The molecular formula is C9H21N3OS. The lowest BCUT2D eigenvalue weighted by molar-refractivity contribution is 0.316. The minimum atomic E-state index is 0.308. The molecule has 0 saturated carbocycles. The van der Waals surface area contributed by atoms with Crippen molar-refractivity contribution in [3.05, 3.63) is 0 Å². The van der Waals surface area contributed by atoms with Crippen molar-refractivity contribution < 1.29 is 5.21 Å². The van der Waals surface area contributed by atoms with Crippen molar-refractivity contribution in [3.8, 4) is 0 Å². The molecule has 0 heterocycles. The first-order chi connectivity index (χ1) is 6.70. The number of nitrogens with zero attached hydrogens (tertiary/aromatic N) is 1. The number of amidine groups is 1. The zero-order chi connectivity index (χ0) is 10.8. The highest BCUT2D eigenvalue weighted by Gasteiger charge is 2.00. The van der Waals surface area contributed by atoms with Crippen LogP contribution in [-0.2, 0) is 0 Å². The summed E-state index contributed by atoms with van der Waals surface area (Å²) in [5, 5.41) is 14.6. The van der Waals surface area contributed by atoms with Crippen molar-refractivity contribution in [1.82, 2.24) is 5.32 Å². The van der Waals surface area contributed by atoms with E-state index in [0.717, 1.165) is 24.5 Å². The van der Waals surface area contributed by atoms with E-state index in [1.807, 2.05) is 11.8 Å². The molecule has 0 aromatic rings. The predicted octanol–water partition coefficient (Wildman–Crippen LogP) is 1.24. The third-order valence-corrected chi connectivity index (χ3v) is 2.95. The van der Waals surface area contributed by atoms with Crippen LogP contribution in [0.2, 0.25) is 0 Å². The molecule has 0 aliphatic heterocycles. The van der Waals surface area contributed by atoms with Crippen LogP contribution in [0.1, 0.15) is 26.7 Å². The number of rotatable bonds is 8. The molecule has 0 rings (SSSR count). The summed E-state index contributed by atoms with van der Waals surface area (Å²) in [4.78, 5) is 0. The van der Waals surface area contributed by atoms with Crippen molar-refractivity contribution in [3.63, 3.8) is 0 Å². The second-order valence-corrected chi connectivity index (χ2v) is 4.53. The maximum absolute atomic E-state index is 8.30. The second kappa shape index (κ2) is 9.15. The summed E-state index contributed by atoms with van der Waals surface area (Å²) < 4.78 is 0. The van der Waals surface area contributed by atoms with Crippen LogP contribution in [0.3, 0.4) is 0 Å². The minimum absolute atomic E-state index is 0.308. The first-order valence-electron chi connectivity index (χ1n) is 4.98. The monoisotopic (exact) mass is 219 g/mol. The summed E-state index contributed by atoms with van der Waals surface area (Å²) in [5.74, 6) is 2.61. The molecule has 0 saturated heterocycles. The number of oxime groups is 1. The van der Waals surface area contributed by atoms with Crippen molar-refractivity contribution in [1.29, 1.82) is 0 Å². The fraction of sp³-hybridized carbons (Fsp3) is 0.889. The first kappa shape index (κ1) is 13.6. The third kappa shape index (κ3) is 8.19. The highest BCUT2D eigenvalue weighted by atomic mass is 32.2. The number of hydrogen-bond acceptors (Lipinski definition) is 4. The van der Waals surface area contributed by atoms with Crippen LogP contribution < -0.4 is 11.1 Å². The summed E-state index contributed by atoms with van der Waals surface area (Å²) in [6.07, 6.45) is 1.56. The van der Waals surface area contributed by atoms with Crippen molar-refractivity contribution in [2.24, 2.45) is 10.9 Å². The fourth-order valence-corrected chi connectivity index (χ4v) is 1.73. The predicted molar refractivity (Wildman–Crippen MR) is 63.1 cm³/mol. The molecule has 0 amide bonds. The summed E-state index contributed by atoms with van der Waals surface area (Å²) in [5.41, 5.74) is 5.34. The lowest BCUT2D eigenvalue weighted by Crippen LogP contribution is -2.29. The minimum Gasteiger partial charge on any atom is -0.409 e. The van der Waals surface area contributed by atoms with E-state index >= 15 is 0 Å². The summed E-state index contributed by atoms with van der Waals surface area (Å²) in [7, 11) is 0. The molecule has 5 heteroatoms. The highest BCUT2D eigenvalue weighted by molar-refractivity contribution is 7.99. The van der Waals surface area contributed by atoms with Gasteiger partial charge in [-0.25, -0.2) is 0 Å². The van der Waals surface area contributed by atoms with Crippen molar-refractivity contribution >= 4 is 17.6 Å². The zero-order valence-corrected chi connectivity index (χ0v) is 9.81. The molecule has 14 heavy (non-hydrogen) atoms. The fourth-order valence-electron chi connectivity index (χ4n) is 1.02. The van der Waals surface area contributed by atoms with Gasteiger partial charge >= 0.3 is 0 Å². The quantitative estimate of drug-likeness (QED) is 0.189. The van der Waals surface area contributed by atoms with E-state index in [4.69, 9.17) is 10.9 Å². The van der Waals surface area contributed by atoms with E-state index in [1.165, 1.54) is 0 Å². The third-order valence-electron chi connectivity index (χ3n) is 1.80. The number of nitrogens with two attached hydrogens (primary N) is 1. The maximum atomic E-state index is 8.30. The van der Waals surface area contributed by atoms with Gasteiger partial charge in [0.15, 0.2) is 0 Å². The van der Waals surface area contributed by atoms with Gasteiger partial charge in [-0.15, -0.1) is 0 Å². The van der Waals surface area contributed by atoms with Crippen molar-refractivity contribution in [2.75, 3.05) is 18.1 Å². The molecule has 4 N–H and O–H groups in total. The van der Waals surface area contributed by atoms with Crippen LogP contribution in [0.4, 0.5) is 0 Å². The van der Waals surface area contributed by atoms with Crippen molar-refractivity contribution in [2.45, 2.75) is 32.7 Å². The van der Waals surface area contributed by atoms with E-state index in [0.29, 0.717) is 18.3 Å². The van der Waals surface area contributed by atoms with Crippen LogP contribution in [-0.4, -0.2) is 35.1 Å². The SMILES string of the molecule is CCSCC(C)NCCCC(N)=NO. The van der Waals surface area contributed by atoms with Crippen LogP contribution >= 0.6 is 11.8 Å². The number of nitrogens with one attached hydrogen (secondary N) is 1. The summed E-state index contributed by atoms with van der Waals surface area (Å²) in [6.45, 7) is 5.25. The molecule has 4 nitrogen and oxygen atoms in total. The van der Waals surface area contributed by atoms with Gasteiger partial charge in [-0.1, -0.05) is 12.1 Å². The Morgan fingerprint density at radius 2 is 2.36 bits per heavy atom. The van der Waals surface area contributed by atoms with Gasteiger partial charge in [-0.2, -0.15) is 11.8 Å². The molecular weight excluding hydrogens is 198 g/mol. The Labute approximate surface area is 90.3 Å². The normalized spacial score (nSPS) is 14.3. The maximum Gasteiger partial charge on any atom is 0.139 e. The molecule has 0 radical (unpaired) electrons. The van der Waals surface area contributed by atoms with E-state index in [9.17, 15) is 0 Å². The van der Waals surface area contributed by atoms with Gasteiger partial charge in [-0.3, -0.25) is 0 Å². The summed E-state index contributed by atoms with van der Waals surface area (Å²) >= 11 is 1.93. The average molecular weight is 219 g/mol. The molecule has 0 aromatic carbocycles. The highest BCUT2D eigenvalue weighted by Crippen LogP contribution is 2.01. The zero-order valence-electron chi connectivity index (χ0n) is 8.99. The van der Waals surface area contributed by atoms with Crippen LogP contribution in [0, 0.1) is 0 Å². The lowest BCUT2D eigenvalue weighted by Gasteiger charge is -2.12. The van der Waals surface area contributed by atoms with Gasteiger partial charge in [0, 0.05) is 18.2 Å².